The van der Waals surface area contributed by atoms with Gasteiger partial charge in [0.2, 0.25) is 5.41 Å². The van der Waals surface area contributed by atoms with Gasteiger partial charge in [-0.15, -0.1) is 0 Å². The molecule has 0 aliphatic rings. The van der Waals surface area contributed by atoms with E-state index in [0.717, 1.165) is 0 Å². The number of esters is 2. The van der Waals surface area contributed by atoms with Crippen LogP contribution in [0.25, 0.3) is 0 Å². The van der Waals surface area contributed by atoms with Gasteiger partial charge < -0.3 is 29.9 Å². The molecular formula is C35H26F6O10. The summed E-state index contributed by atoms with van der Waals surface area (Å²) in [7, 11) is 0. The minimum atomic E-state index is -6.30. The number of carbonyl (C=O) groups is 4. The number of hydrogen-bond acceptors (Lipinski definition) is 8. The molecule has 10 nitrogen and oxygen atoms in total. The molecule has 4 aromatic rings. The summed E-state index contributed by atoms with van der Waals surface area (Å²) in [5, 5.41) is 37.7. The lowest BCUT2D eigenvalue weighted by Gasteiger charge is -2.38. The van der Waals surface area contributed by atoms with Crippen LogP contribution >= 0.6 is 0 Å². The van der Waals surface area contributed by atoms with Gasteiger partial charge in [0.05, 0.1) is 35.5 Å². The summed E-state index contributed by atoms with van der Waals surface area (Å²) in [5.74, 6) is -6.94. The first-order valence-corrected chi connectivity index (χ1v) is 14.5. The SMILES string of the molecule is O=C(O)c1cc(C(c2ccc(C(=O)O)c(C(=O)OCc3ccc(CO)cc3)c2)(C(F)(F)F)C(F)(F)F)ccc1C(=O)OCc1ccc(CO)cc1. The molecular weight excluding hydrogens is 694 g/mol. The maximum absolute atomic E-state index is 15.0. The number of carboxylic acids is 2. The van der Waals surface area contributed by atoms with Crippen molar-refractivity contribution in [1.29, 1.82) is 0 Å². The molecule has 0 fully saturated rings. The molecule has 0 atom stereocenters. The summed E-state index contributed by atoms with van der Waals surface area (Å²) in [6, 6.07) is 12.9. The number of benzene rings is 4. The van der Waals surface area contributed by atoms with Crippen molar-refractivity contribution in [3.05, 3.63) is 141 Å². The minimum absolute atomic E-state index is 0.00902. The number of carbonyl (C=O) groups excluding carboxylic acids is 2. The van der Waals surface area contributed by atoms with Crippen LogP contribution in [-0.4, -0.2) is 56.7 Å². The van der Waals surface area contributed by atoms with Crippen molar-refractivity contribution < 1.29 is 75.4 Å². The lowest BCUT2D eigenvalue weighted by molar-refractivity contribution is -0.288. The fourth-order valence-electron chi connectivity index (χ4n) is 5.18. The second-order valence-corrected chi connectivity index (χ2v) is 11.0. The van der Waals surface area contributed by atoms with Gasteiger partial charge >= 0.3 is 36.2 Å². The van der Waals surface area contributed by atoms with Crippen LogP contribution in [0.15, 0.2) is 84.9 Å². The normalized spacial score (nSPS) is 11.9. The maximum atomic E-state index is 15.0. The van der Waals surface area contributed by atoms with Gasteiger partial charge in [0, 0.05) is 0 Å². The van der Waals surface area contributed by atoms with Crippen LogP contribution in [0, 0.1) is 0 Å². The molecule has 4 aromatic carbocycles. The Bertz CT molecular complexity index is 1920. The average molecular weight is 721 g/mol. The largest absolute Gasteiger partial charge is 0.478 e. The molecule has 51 heavy (non-hydrogen) atoms. The molecule has 0 aliphatic heterocycles. The van der Waals surface area contributed by atoms with Gasteiger partial charge in [0.1, 0.15) is 13.2 Å². The molecule has 0 bridgehead atoms. The minimum Gasteiger partial charge on any atom is -0.478 e. The van der Waals surface area contributed by atoms with Crippen molar-refractivity contribution in [1.82, 2.24) is 0 Å². The van der Waals surface area contributed by atoms with E-state index in [9.17, 15) is 55.7 Å². The Balaban J connectivity index is 1.81. The fourth-order valence-corrected chi connectivity index (χ4v) is 5.18. The molecule has 4 N–H and O–H groups in total. The highest BCUT2D eigenvalue weighted by Crippen LogP contribution is 2.56. The van der Waals surface area contributed by atoms with E-state index in [-0.39, 0.29) is 43.0 Å². The number of ether oxygens (including phenoxy) is 2. The maximum Gasteiger partial charge on any atom is 0.411 e. The predicted octanol–water partition coefficient (Wildman–Crippen LogP) is 6.19. The quantitative estimate of drug-likeness (QED) is 0.0979. The number of halogens is 6. The van der Waals surface area contributed by atoms with Gasteiger partial charge in [-0.1, -0.05) is 60.7 Å². The van der Waals surface area contributed by atoms with E-state index in [1.54, 1.807) is 0 Å². The first-order chi connectivity index (χ1) is 23.9. The molecule has 0 spiro atoms. The van der Waals surface area contributed by atoms with E-state index >= 15 is 0 Å². The Morgan fingerprint density at radius 2 is 0.843 bits per heavy atom. The van der Waals surface area contributed by atoms with Crippen molar-refractivity contribution in [2.24, 2.45) is 0 Å². The van der Waals surface area contributed by atoms with Crippen LogP contribution in [0.4, 0.5) is 26.3 Å². The highest BCUT2D eigenvalue weighted by atomic mass is 19.4. The zero-order valence-corrected chi connectivity index (χ0v) is 25.9. The summed E-state index contributed by atoms with van der Waals surface area (Å²) in [4.78, 5) is 49.9. The van der Waals surface area contributed by atoms with Gasteiger partial charge in [-0.25, -0.2) is 19.2 Å². The molecule has 268 valence electrons. The Morgan fingerprint density at radius 3 is 1.22 bits per heavy atom. The monoisotopic (exact) mass is 720 g/mol. The summed E-state index contributed by atoms with van der Waals surface area (Å²) in [6.45, 7) is -1.66. The van der Waals surface area contributed by atoms with E-state index in [1.807, 2.05) is 0 Å². The number of aliphatic hydroxyl groups excluding tert-OH is 2. The first kappa shape index (κ1) is 38.1. The molecule has 0 amide bonds. The zero-order chi connectivity index (χ0) is 37.7. The van der Waals surface area contributed by atoms with E-state index in [1.165, 1.54) is 48.5 Å². The number of rotatable bonds is 12. The van der Waals surface area contributed by atoms with Gasteiger partial charge in [0.15, 0.2) is 0 Å². The van der Waals surface area contributed by atoms with Crippen LogP contribution in [0.5, 0.6) is 0 Å². The first-order valence-electron chi connectivity index (χ1n) is 14.5. The van der Waals surface area contributed by atoms with Crippen molar-refractivity contribution in [3.63, 3.8) is 0 Å². The Morgan fingerprint density at radius 1 is 0.490 bits per heavy atom. The second-order valence-electron chi connectivity index (χ2n) is 11.0. The molecule has 16 heteroatoms. The molecule has 0 saturated carbocycles. The summed E-state index contributed by atoms with van der Waals surface area (Å²) >= 11 is 0. The standard InChI is InChI=1S/C35H26F6O10/c36-34(37,38)33(35(39,40)41,23-10-12-26(27(13-23)30(46)47)31(48)50-17-21-5-1-19(15-42)2-6-21)24-9-11-25(29(44)45)28(14-24)32(49)51-18-22-7-3-20(16-43)4-8-22/h1-14,42-43H,15-18H2,(H,44,45)(H,46,47). The van der Waals surface area contributed by atoms with E-state index in [4.69, 9.17) is 19.7 Å². The summed E-state index contributed by atoms with van der Waals surface area (Å²) < 4.78 is 100. The fraction of sp³-hybridized carbons (Fsp3) is 0.200. The third-order valence-electron chi connectivity index (χ3n) is 7.81. The highest BCUT2D eigenvalue weighted by molar-refractivity contribution is 6.03. The van der Waals surface area contributed by atoms with Crippen molar-refractivity contribution in [3.8, 4) is 0 Å². The van der Waals surface area contributed by atoms with Crippen LogP contribution in [0.1, 0.15) is 74.8 Å². The molecule has 0 unspecified atom stereocenters. The molecule has 0 aromatic heterocycles. The van der Waals surface area contributed by atoms with Crippen molar-refractivity contribution in [2.75, 3.05) is 0 Å². The molecule has 0 heterocycles. The van der Waals surface area contributed by atoms with Crippen LogP contribution in [0.2, 0.25) is 0 Å². The van der Waals surface area contributed by atoms with E-state index in [0.29, 0.717) is 28.8 Å². The topological polar surface area (TPSA) is 168 Å². The van der Waals surface area contributed by atoms with Crippen LogP contribution in [-0.2, 0) is 41.3 Å². The number of alkyl halides is 6. The molecule has 0 radical (unpaired) electrons. The predicted molar refractivity (Wildman–Crippen MR) is 163 cm³/mol. The summed E-state index contributed by atoms with van der Waals surface area (Å²) in [6.07, 6.45) is -12.6. The second kappa shape index (κ2) is 15.0. The van der Waals surface area contributed by atoms with Crippen LogP contribution < -0.4 is 0 Å². The zero-order valence-electron chi connectivity index (χ0n) is 25.9. The van der Waals surface area contributed by atoms with E-state index in [2.05, 4.69) is 0 Å². The van der Waals surface area contributed by atoms with Crippen molar-refractivity contribution in [2.45, 2.75) is 44.2 Å². The number of aliphatic hydroxyl groups is 2. The molecule has 0 saturated heterocycles. The van der Waals surface area contributed by atoms with Gasteiger partial charge in [-0.2, -0.15) is 26.3 Å². The number of carboxylic acid groups (broad SMARTS) is 2. The van der Waals surface area contributed by atoms with Crippen molar-refractivity contribution >= 4 is 23.9 Å². The number of hydrogen-bond donors (Lipinski definition) is 4. The smallest absolute Gasteiger partial charge is 0.411 e. The highest BCUT2D eigenvalue weighted by Gasteiger charge is 2.72. The molecule has 0 aliphatic carbocycles. The van der Waals surface area contributed by atoms with Gasteiger partial charge in [-0.05, 0) is 57.6 Å². The summed E-state index contributed by atoms with van der Waals surface area (Å²) in [5.41, 5.74) is -11.2. The Kier molecular flexibility index (Phi) is 11.2. The lowest BCUT2D eigenvalue weighted by atomic mass is 9.71. The Labute approximate surface area is 284 Å². The number of aromatic carboxylic acids is 2. The third kappa shape index (κ3) is 7.86. The molecule has 4 rings (SSSR count). The van der Waals surface area contributed by atoms with E-state index < -0.39 is 88.2 Å². The van der Waals surface area contributed by atoms with Gasteiger partial charge in [-0.3, -0.25) is 0 Å². The Hall–Kier alpha value is -5.74. The average Bonchev–Trinajstić information content (AvgIpc) is 3.08. The van der Waals surface area contributed by atoms with Crippen LogP contribution in [0.3, 0.4) is 0 Å². The lowest BCUT2D eigenvalue weighted by Crippen LogP contribution is -2.55. The third-order valence-corrected chi connectivity index (χ3v) is 7.81. The van der Waals surface area contributed by atoms with Gasteiger partial charge in [0.25, 0.3) is 0 Å².